The number of halogens is 1. The summed E-state index contributed by atoms with van der Waals surface area (Å²) in [7, 11) is 3.25. The van der Waals surface area contributed by atoms with Crippen molar-refractivity contribution in [3.8, 4) is 5.75 Å². The molecule has 6 heteroatoms. The molecule has 190 valence electrons. The molecule has 0 spiro atoms. The van der Waals surface area contributed by atoms with E-state index in [9.17, 15) is 4.79 Å². The van der Waals surface area contributed by atoms with Crippen molar-refractivity contribution in [2.24, 2.45) is 5.73 Å². The van der Waals surface area contributed by atoms with Crippen LogP contribution in [-0.2, 0) is 11.3 Å². The Labute approximate surface area is 225 Å². The second-order valence-electron chi connectivity index (χ2n) is 8.48. The Kier molecular flexibility index (Phi) is 11.8. The zero-order valence-electron chi connectivity index (χ0n) is 21.4. The maximum Gasteiger partial charge on any atom is 0.248 e. The molecule has 36 heavy (non-hydrogen) atoms. The van der Waals surface area contributed by atoms with Crippen LogP contribution in [0.1, 0.15) is 53.7 Å². The van der Waals surface area contributed by atoms with Crippen LogP contribution in [-0.4, -0.2) is 20.1 Å². The van der Waals surface area contributed by atoms with E-state index in [0.717, 1.165) is 32.9 Å². The van der Waals surface area contributed by atoms with Crippen molar-refractivity contribution in [3.63, 3.8) is 0 Å². The minimum absolute atomic E-state index is 0.144. The third kappa shape index (κ3) is 8.90. The number of allylic oxidation sites excluding steroid dienone is 4. The fraction of sp³-hybridized carbons (Fsp3) is 0.233. The average molecular weight is 524 g/mol. The Hall–Kier alpha value is -2.99. The van der Waals surface area contributed by atoms with E-state index in [1.807, 2.05) is 60.7 Å². The highest BCUT2D eigenvalue weighted by Gasteiger charge is 2.11. The Bertz CT molecular complexity index is 1220. The molecule has 0 bridgehead atoms. The topological polar surface area (TPSA) is 61.5 Å². The molecule has 0 heterocycles. The molecule has 1 unspecified atom stereocenters. The first-order valence-corrected chi connectivity index (χ1v) is 12.3. The van der Waals surface area contributed by atoms with Gasteiger partial charge in [-0.25, -0.2) is 0 Å². The predicted molar refractivity (Wildman–Crippen MR) is 153 cm³/mol. The van der Waals surface area contributed by atoms with Crippen molar-refractivity contribution in [2.45, 2.75) is 38.2 Å². The number of carbonyl (C=O) groups is 1. The highest BCUT2D eigenvalue weighted by Crippen LogP contribution is 2.30. The zero-order chi connectivity index (χ0) is 26.7. The van der Waals surface area contributed by atoms with Gasteiger partial charge in [0.15, 0.2) is 0 Å². The lowest BCUT2D eigenvalue weighted by Gasteiger charge is -2.14. The lowest BCUT2D eigenvalue weighted by molar-refractivity contribution is 0.1000. The third-order valence-corrected chi connectivity index (χ3v) is 6.18. The van der Waals surface area contributed by atoms with Crippen LogP contribution >= 0.6 is 24.2 Å². The van der Waals surface area contributed by atoms with Crippen molar-refractivity contribution in [1.82, 2.24) is 0 Å². The van der Waals surface area contributed by atoms with Gasteiger partial charge in [0.05, 0.1) is 0 Å². The van der Waals surface area contributed by atoms with Crippen molar-refractivity contribution in [1.29, 1.82) is 0 Å². The molecule has 0 aliphatic carbocycles. The van der Waals surface area contributed by atoms with E-state index in [1.165, 1.54) is 5.57 Å². The summed E-state index contributed by atoms with van der Waals surface area (Å²) in [6.07, 6.45) is 4.19. The largest absolute Gasteiger partial charge is 0.488 e. The first-order chi connectivity index (χ1) is 17.2. The molecule has 3 aromatic rings. The van der Waals surface area contributed by atoms with Crippen LogP contribution in [0.2, 0.25) is 5.02 Å². The van der Waals surface area contributed by atoms with Gasteiger partial charge in [0.2, 0.25) is 5.91 Å². The maximum atomic E-state index is 11.5. The van der Waals surface area contributed by atoms with Gasteiger partial charge in [-0.15, -0.1) is 12.6 Å². The third-order valence-electron chi connectivity index (χ3n) is 5.65. The number of amides is 1. The summed E-state index contributed by atoms with van der Waals surface area (Å²) >= 11 is 10.5. The van der Waals surface area contributed by atoms with Gasteiger partial charge in [-0.3, -0.25) is 4.79 Å². The summed E-state index contributed by atoms with van der Waals surface area (Å²) in [5.41, 5.74) is 11.3. The van der Waals surface area contributed by atoms with E-state index in [-0.39, 0.29) is 5.92 Å². The summed E-state index contributed by atoms with van der Waals surface area (Å²) < 4.78 is 10.4. The number of ether oxygens (including phenoxy) is 2. The molecule has 0 aromatic heterocycles. The van der Waals surface area contributed by atoms with E-state index in [1.54, 1.807) is 20.3 Å². The minimum Gasteiger partial charge on any atom is -0.488 e. The molecule has 0 saturated carbocycles. The van der Waals surface area contributed by atoms with E-state index in [2.05, 4.69) is 50.3 Å². The number of carbonyl (C=O) groups excluding carboxylic acids is 1. The van der Waals surface area contributed by atoms with Gasteiger partial charge in [-0.2, -0.15) is 0 Å². The number of nitrogens with two attached hydrogens (primary N) is 1. The van der Waals surface area contributed by atoms with Crippen LogP contribution in [0.5, 0.6) is 5.75 Å². The van der Waals surface area contributed by atoms with Crippen LogP contribution in [0, 0.1) is 0 Å². The number of hydrogen-bond acceptors (Lipinski definition) is 4. The van der Waals surface area contributed by atoms with Crippen molar-refractivity contribution < 1.29 is 14.3 Å². The fourth-order valence-electron chi connectivity index (χ4n) is 3.41. The summed E-state index contributed by atoms with van der Waals surface area (Å²) in [5.74, 6) is 0.522. The second kappa shape index (κ2) is 14.5. The number of methoxy groups -OCH3 is 1. The zero-order valence-corrected chi connectivity index (χ0v) is 23.1. The van der Waals surface area contributed by atoms with Crippen LogP contribution < -0.4 is 10.5 Å². The highest BCUT2D eigenvalue weighted by molar-refractivity contribution is 7.80. The van der Waals surface area contributed by atoms with Crippen molar-refractivity contribution in [3.05, 3.63) is 112 Å². The molecular formula is C30H34ClNO3S. The second-order valence-corrected chi connectivity index (χ2v) is 9.43. The first kappa shape index (κ1) is 29.2. The fourth-order valence-corrected chi connectivity index (χ4v) is 3.74. The molecule has 1 amide bonds. The molecular weight excluding hydrogens is 490 g/mol. The Balaban J connectivity index is 0.00000145. The van der Waals surface area contributed by atoms with Gasteiger partial charge in [0.25, 0.3) is 0 Å². The Morgan fingerprint density at radius 2 is 1.69 bits per heavy atom. The summed E-state index contributed by atoms with van der Waals surface area (Å²) in [6, 6.07) is 21.0. The van der Waals surface area contributed by atoms with Gasteiger partial charge < -0.3 is 15.2 Å². The van der Waals surface area contributed by atoms with Gasteiger partial charge in [0.1, 0.15) is 12.4 Å². The number of primary amides is 1. The summed E-state index contributed by atoms with van der Waals surface area (Å²) in [4.78, 5) is 12.4. The Morgan fingerprint density at radius 1 is 1.03 bits per heavy atom. The van der Waals surface area contributed by atoms with Crippen LogP contribution in [0.4, 0.5) is 0 Å². The van der Waals surface area contributed by atoms with Crippen molar-refractivity contribution in [2.75, 3.05) is 14.2 Å². The molecule has 0 radical (unpaired) electrons. The normalized spacial score (nSPS) is 12.4. The Morgan fingerprint density at radius 3 is 2.33 bits per heavy atom. The summed E-state index contributed by atoms with van der Waals surface area (Å²) in [5, 5.41) is 0.704. The molecule has 3 rings (SSSR count). The van der Waals surface area contributed by atoms with E-state index in [0.29, 0.717) is 17.2 Å². The van der Waals surface area contributed by atoms with Gasteiger partial charge in [-0.1, -0.05) is 60.5 Å². The molecule has 2 N–H and O–H groups in total. The number of hydrogen-bond donors (Lipinski definition) is 2. The number of thiol groups is 1. The highest BCUT2D eigenvalue weighted by atomic mass is 35.5. The molecule has 4 nitrogen and oxygen atoms in total. The molecule has 0 saturated heterocycles. The van der Waals surface area contributed by atoms with Gasteiger partial charge in [-0.05, 0) is 73.0 Å². The molecule has 0 aliphatic heterocycles. The van der Waals surface area contributed by atoms with Gasteiger partial charge >= 0.3 is 0 Å². The first-order valence-electron chi connectivity index (χ1n) is 11.5. The molecule has 3 aromatic carbocycles. The van der Waals surface area contributed by atoms with E-state index < -0.39 is 5.91 Å². The number of rotatable bonds is 8. The lowest BCUT2D eigenvalue weighted by Crippen LogP contribution is -2.11. The molecule has 0 aliphatic rings. The SMILES string of the molecule is C/C(=C/C=C(\C)c1cc(S)ccc1OCc1ccc(Cl)cc1)C(C)c1cccc(C(N)=O)c1.COC. The number of benzene rings is 3. The van der Waals surface area contributed by atoms with E-state index in [4.69, 9.17) is 22.1 Å². The quantitative estimate of drug-likeness (QED) is 0.234. The van der Waals surface area contributed by atoms with Crippen LogP contribution in [0.15, 0.2) is 89.4 Å². The van der Waals surface area contributed by atoms with Gasteiger partial charge in [0, 0.05) is 41.2 Å². The van der Waals surface area contributed by atoms with Crippen LogP contribution in [0.3, 0.4) is 0 Å². The van der Waals surface area contributed by atoms with Crippen LogP contribution in [0.25, 0.3) is 5.57 Å². The molecule has 0 fully saturated rings. The average Bonchev–Trinajstić information content (AvgIpc) is 2.87. The monoisotopic (exact) mass is 523 g/mol. The summed E-state index contributed by atoms with van der Waals surface area (Å²) in [6.45, 7) is 6.70. The minimum atomic E-state index is -0.417. The standard InChI is InChI=1S/C28H28ClNO2S.C2H6O/c1-18(20(3)22-5-4-6-23(15-22)28(30)31)7-8-19(2)26-16-25(33)13-14-27(26)32-17-21-9-11-24(29)12-10-21;1-3-2/h4-16,20,33H,17H2,1-3H3,(H2,30,31);1-2H3/b18-7-,19-8+;. The predicted octanol–water partition coefficient (Wildman–Crippen LogP) is 7.72. The lowest BCUT2D eigenvalue weighted by atomic mass is 9.92. The van der Waals surface area contributed by atoms with Crippen molar-refractivity contribution >= 4 is 35.7 Å². The molecule has 1 atom stereocenters. The van der Waals surface area contributed by atoms with E-state index >= 15 is 0 Å². The maximum absolute atomic E-state index is 11.5. The smallest absolute Gasteiger partial charge is 0.248 e.